The van der Waals surface area contributed by atoms with Crippen LogP contribution in [0.25, 0.3) is 16.7 Å². The molecule has 0 radical (unpaired) electrons. The van der Waals surface area contributed by atoms with E-state index < -0.39 is 17.0 Å². The molecule has 3 nitrogen and oxygen atoms in total. The summed E-state index contributed by atoms with van der Waals surface area (Å²) in [6, 6.07) is 5.37. The van der Waals surface area contributed by atoms with E-state index >= 15 is 0 Å². The van der Waals surface area contributed by atoms with Crippen LogP contribution in [0.5, 0.6) is 0 Å². The third-order valence-electron chi connectivity index (χ3n) is 3.00. The Hall–Kier alpha value is -2.01. The Balaban J connectivity index is 2.43. The van der Waals surface area contributed by atoms with Crippen LogP contribution >= 0.6 is 11.6 Å². The number of halogens is 3. The summed E-state index contributed by atoms with van der Waals surface area (Å²) in [5, 5.41) is -0.499. The largest absolute Gasteiger partial charge is 0.289 e. The Morgan fingerprint density at radius 1 is 1.20 bits per heavy atom. The molecule has 0 amide bonds. The molecule has 20 heavy (non-hydrogen) atoms. The standard InChI is InChI=1S/C14H10ClF2N3/c1-8(15)14-19-11-7-18-6-5-12(11)20(14)13-9(16)3-2-4-10(13)17/h2-8H,1H3. The molecule has 0 bridgehead atoms. The maximum Gasteiger partial charge on any atom is 0.150 e. The topological polar surface area (TPSA) is 30.7 Å². The first-order valence-corrected chi connectivity index (χ1v) is 6.44. The molecule has 0 saturated carbocycles. The Morgan fingerprint density at radius 3 is 2.55 bits per heavy atom. The molecule has 102 valence electrons. The van der Waals surface area contributed by atoms with Gasteiger partial charge < -0.3 is 0 Å². The van der Waals surface area contributed by atoms with Crippen molar-refractivity contribution in [1.29, 1.82) is 0 Å². The lowest BCUT2D eigenvalue weighted by Gasteiger charge is -2.12. The normalized spacial score (nSPS) is 12.8. The predicted molar refractivity (Wildman–Crippen MR) is 73.0 cm³/mol. The van der Waals surface area contributed by atoms with Crippen LogP contribution in [0.1, 0.15) is 18.1 Å². The van der Waals surface area contributed by atoms with Gasteiger partial charge in [0.15, 0.2) is 0 Å². The van der Waals surface area contributed by atoms with E-state index in [1.54, 1.807) is 19.2 Å². The lowest BCUT2D eigenvalue weighted by molar-refractivity contribution is 0.567. The molecule has 1 atom stereocenters. The van der Waals surface area contributed by atoms with Gasteiger partial charge in [-0.3, -0.25) is 9.55 Å². The van der Waals surface area contributed by atoms with E-state index in [2.05, 4.69) is 9.97 Å². The number of aromatic nitrogens is 3. The summed E-state index contributed by atoms with van der Waals surface area (Å²) in [7, 11) is 0. The van der Waals surface area contributed by atoms with Gasteiger partial charge in [0.25, 0.3) is 0 Å². The number of hydrogen-bond donors (Lipinski definition) is 0. The van der Waals surface area contributed by atoms with E-state index in [9.17, 15) is 8.78 Å². The molecule has 0 saturated heterocycles. The molecule has 1 aromatic carbocycles. The highest BCUT2D eigenvalue weighted by atomic mass is 35.5. The van der Waals surface area contributed by atoms with Crippen molar-refractivity contribution in [3.05, 3.63) is 54.1 Å². The van der Waals surface area contributed by atoms with Crippen LogP contribution in [-0.2, 0) is 0 Å². The summed E-state index contributed by atoms with van der Waals surface area (Å²) in [5.74, 6) is -0.960. The van der Waals surface area contributed by atoms with Crippen molar-refractivity contribution >= 4 is 22.6 Å². The number of imidazole rings is 1. The van der Waals surface area contributed by atoms with Crippen molar-refractivity contribution in [3.63, 3.8) is 0 Å². The number of fused-ring (bicyclic) bond motifs is 1. The molecule has 2 heterocycles. The van der Waals surface area contributed by atoms with Gasteiger partial charge in [-0.1, -0.05) is 6.07 Å². The predicted octanol–water partition coefficient (Wildman–Crippen LogP) is 4.00. The summed E-state index contributed by atoms with van der Waals surface area (Å²) in [6.45, 7) is 1.70. The molecule has 3 aromatic rings. The molecule has 0 aliphatic heterocycles. The maximum absolute atomic E-state index is 14.0. The molecule has 2 aromatic heterocycles. The fraction of sp³-hybridized carbons (Fsp3) is 0.143. The highest BCUT2D eigenvalue weighted by Crippen LogP contribution is 2.30. The van der Waals surface area contributed by atoms with E-state index in [0.29, 0.717) is 16.9 Å². The molecule has 6 heteroatoms. The van der Waals surface area contributed by atoms with Crippen molar-refractivity contribution in [2.24, 2.45) is 0 Å². The van der Waals surface area contributed by atoms with E-state index in [4.69, 9.17) is 11.6 Å². The summed E-state index contributed by atoms with van der Waals surface area (Å²) in [6.07, 6.45) is 3.08. The highest BCUT2D eigenvalue weighted by Gasteiger charge is 2.21. The second-order valence-electron chi connectivity index (χ2n) is 4.36. The molecule has 0 aliphatic carbocycles. The van der Waals surface area contributed by atoms with Crippen molar-refractivity contribution in [2.45, 2.75) is 12.3 Å². The van der Waals surface area contributed by atoms with Gasteiger partial charge in [-0.15, -0.1) is 11.6 Å². The average molecular weight is 294 g/mol. The van der Waals surface area contributed by atoms with Crippen molar-refractivity contribution in [1.82, 2.24) is 14.5 Å². The first-order chi connectivity index (χ1) is 9.59. The molecule has 1 unspecified atom stereocenters. The average Bonchev–Trinajstić information content (AvgIpc) is 2.78. The van der Waals surface area contributed by atoms with Crippen LogP contribution in [0.2, 0.25) is 0 Å². The van der Waals surface area contributed by atoms with Crippen LogP contribution in [0.3, 0.4) is 0 Å². The Kier molecular flexibility index (Phi) is 3.14. The summed E-state index contributed by atoms with van der Waals surface area (Å²) < 4.78 is 29.5. The van der Waals surface area contributed by atoms with Gasteiger partial charge in [0, 0.05) is 6.20 Å². The van der Waals surface area contributed by atoms with E-state index in [1.165, 1.54) is 29.0 Å². The molecule has 0 spiro atoms. The van der Waals surface area contributed by atoms with Gasteiger partial charge in [-0.25, -0.2) is 13.8 Å². The summed E-state index contributed by atoms with van der Waals surface area (Å²) in [5.41, 5.74) is 0.924. The van der Waals surface area contributed by atoms with Crippen LogP contribution in [0.4, 0.5) is 8.78 Å². The van der Waals surface area contributed by atoms with Gasteiger partial charge in [-0.2, -0.15) is 0 Å². The molecular weight excluding hydrogens is 284 g/mol. The molecule has 3 rings (SSSR count). The number of pyridine rings is 1. The minimum Gasteiger partial charge on any atom is -0.289 e. The number of alkyl halides is 1. The minimum atomic E-state index is -0.667. The van der Waals surface area contributed by atoms with Crippen LogP contribution < -0.4 is 0 Å². The zero-order chi connectivity index (χ0) is 14.3. The summed E-state index contributed by atoms with van der Waals surface area (Å²) >= 11 is 6.09. The smallest absolute Gasteiger partial charge is 0.150 e. The zero-order valence-corrected chi connectivity index (χ0v) is 11.3. The molecule has 0 fully saturated rings. The lowest BCUT2D eigenvalue weighted by Crippen LogP contribution is -2.06. The van der Waals surface area contributed by atoms with Gasteiger partial charge in [-0.05, 0) is 25.1 Å². The number of nitrogens with zero attached hydrogens (tertiary/aromatic N) is 3. The lowest BCUT2D eigenvalue weighted by atomic mass is 10.2. The van der Waals surface area contributed by atoms with Crippen molar-refractivity contribution < 1.29 is 8.78 Å². The Labute approximate surface area is 118 Å². The van der Waals surface area contributed by atoms with Crippen LogP contribution in [0.15, 0.2) is 36.7 Å². The fourth-order valence-electron chi connectivity index (χ4n) is 2.16. The van der Waals surface area contributed by atoms with E-state index in [1.807, 2.05) is 0 Å². The van der Waals surface area contributed by atoms with Crippen LogP contribution in [-0.4, -0.2) is 14.5 Å². The van der Waals surface area contributed by atoms with Gasteiger partial charge in [0.1, 0.15) is 28.7 Å². The highest BCUT2D eigenvalue weighted by molar-refractivity contribution is 6.20. The number of hydrogen-bond acceptors (Lipinski definition) is 2. The number of para-hydroxylation sites is 1. The van der Waals surface area contributed by atoms with Gasteiger partial charge >= 0.3 is 0 Å². The molecule has 0 N–H and O–H groups in total. The molecule has 0 aliphatic rings. The second-order valence-corrected chi connectivity index (χ2v) is 5.01. The van der Waals surface area contributed by atoms with E-state index in [-0.39, 0.29) is 5.69 Å². The second kappa shape index (κ2) is 4.83. The summed E-state index contributed by atoms with van der Waals surface area (Å²) in [4.78, 5) is 8.26. The first-order valence-electron chi connectivity index (χ1n) is 6.00. The van der Waals surface area contributed by atoms with Crippen molar-refractivity contribution in [2.75, 3.05) is 0 Å². The van der Waals surface area contributed by atoms with E-state index in [0.717, 1.165) is 0 Å². The van der Waals surface area contributed by atoms with Gasteiger partial charge in [0.2, 0.25) is 0 Å². The number of rotatable bonds is 2. The first kappa shape index (κ1) is 13.0. The Morgan fingerprint density at radius 2 is 1.90 bits per heavy atom. The van der Waals surface area contributed by atoms with Gasteiger partial charge in [0.05, 0.1) is 17.1 Å². The molecular formula is C14H10ClF2N3. The Bertz CT molecular complexity index is 763. The maximum atomic E-state index is 14.0. The quantitative estimate of drug-likeness (QED) is 0.669. The van der Waals surface area contributed by atoms with Crippen LogP contribution in [0, 0.1) is 11.6 Å². The zero-order valence-electron chi connectivity index (χ0n) is 10.5. The SMILES string of the molecule is CC(Cl)c1nc2cnccc2n1-c1c(F)cccc1F. The third-order valence-corrected chi connectivity index (χ3v) is 3.19. The third kappa shape index (κ3) is 1.94. The fourth-order valence-corrected chi connectivity index (χ4v) is 2.30. The van der Waals surface area contributed by atoms with Crippen molar-refractivity contribution in [3.8, 4) is 5.69 Å². The number of benzene rings is 1. The monoisotopic (exact) mass is 293 g/mol. The minimum absolute atomic E-state index is 0.177.